The number of piperidine rings is 1. The fraction of sp³-hybridized carbons (Fsp3) is 0.857. The largest absolute Gasteiger partial charge is 0.406 e. The van der Waals surface area contributed by atoms with E-state index in [0.717, 1.165) is 4.90 Å². The summed E-state index contributed by atoms with van der Waals surface area (Å²) in [5.74, 6) is -0.629. The molecule has 13 heavy (non-hydrogen) atoms. The molecule has 0 aromatic carbocycles. The van der Waals surface area contributed by atoms with E-state index in [1.54, 1.807) is 0 Å². The summed E-state index contributed by atoms with van der Waals surface area (Å²) in [6.45, 7) is -1.22. The van der Waals surface area contributed by atoms with E-state index in [-0.39, 0.29) is 19.4 Å². The van der Waals surface area contributed by atoms with Crippen molar-refractivity contribution in [2.45, 2.75) is 25.1 Å². The lowest BCUT2D eigenvalue weighted by molar-refractivity contribution is -0.166. The van der Waals surface area contributed by atoms with Gasteiger partial charge in [-0.2, -0.15) is 13.2 Å². The minimum Gasteiger partial charge on any atom is -0.393 e. The Balaban J connectivity index is 2.48. The Hall–Kier alpha value is -0.780. The number of carbonyl (C=O) groups excluding carboxylic acids is 1. The van der Waals surface area contributed by atoms with Crippen LogP contribution in [0.4, 0.5) is 13.2 Å². The van der Waals surface area contributed by atoms with Crippen LogP contribution in [0.15, 0.2) is 0 Å². The first-order valence-electron chi connectivity index (χ1n) is 3.91. The van der Waals surface area contributed by atoms with E-state index in [4.69, 9.17) is 5.11 Å². The fourth-order valence-electron chi connectivity index (χ4n) is 1.25. The molecule has 3 nitrogen and oxygen atoms in total. The normalized spacial score (nSPS) is 25.1. The van der Waals surface area contributed by atoms with Gasteiger partial charge in [0, 0.05) is 6.54 Å². The number of aliphatic hydroxyl groups is 1. The SMILES string of the molecule is O=C1CC(O)CCN1CC(F)(F)F. The molecular formula is C7H10F3NO2. The molecule has 1 amide bonds. The quantitative estimate of drug-likeness (QED) is 0.666. The lowest BCUT2D eigenvalue weighted by atomic mass is 10.1. The number of alkyl halides is 3. The molecule has 0 aliphatic carbocycles. The molecule has 1 saturated heterocycles. The number of hydrogen-bond acceptors (Lipinski definition) is 2. The summed E-state index contributed by atoms with van der Waals surface area (Å²) in [5, 5.41) is 8.97. The minimum absolute atomic E-state index is 0.0144. The first-order valence-corrected chi connectivity index (χ1v) is 3.91. The number of likely N-dealkylation sites (tertiary alicyclic amines) is 1. The Labute approximate surface area is 73.1 Å². The number of amides is 1. The Morgan fingerprint density at radius 1 is 1.54 bits per heavy atom. The van der Waals surface area contributed by atoms with Gasteiger partial charge < -0.3 is 10.0 Å². The van der Waals surface area contributed by atoms with Gasteiger partial charge in [-0.25, -0.2) is 0 Å². The molecule has 1 aliphatic rings. The smallest absolute Gasteiger partial charge is 0.393 e. The van der Waals surface area contributed by atoms with Crippen molar-refractivity contribution in [1.82, 2.24) is 4.90 Å². The van der Waals surface area contributed by atoms with Crippen LogP contribution in [-0.2, 0) is 4.79 Å². The molecule has 0 aromatic rings. The Morgan fingerprint density at radius 2 is 2.15 bits per heavy atom. The molecule has 1 N–H and O–H groups in total. The van der Waals surface area contributed by atoms with Crippen molar-refractivity contribution in [1.29, 1.82) is 0 Å². The molecule has 1 fully saturated rings. The van der Waals surface area contributed by atoms with Crippen LogP contribution in [0.5, 0.6) is 0 Å². The van der Waals surface area contributed by atoms with Crippen LogP contribution < -0.4 is 0 Å². The van der Waals surface area contributed by atoms with Gasteiger partial charge in [0.15, 0.2) is 0 Å². The Morgan fingerprint density at radius 3 is 2.62 bits per heavy atom. The third kappa shape index (κ3) is 3.22. The summed E-state index contributed by atoms with van der Waals surface area (Å²) in [5.41, 5.74) is 0. The lowest BCUT2D eigenvalue weighted by Gasteiger charge is -2.29. The molecule has 0 saturated carbocycles. The molecule has 0 aromatic heterocycles. The predicted octanol–water partition coefficient (Wildman–Crippen LogP) is 0.532. The average molecular weight is 197 g/mol. The predicted molar refractivity (Wildman–Crippen MR) is 37.9 cm³/mol. The summed E-state index contributed by atoms with van der Waals surface area (Å²) in [6.07, 6.45) is -5.10. The van der Waals surface area contributed by atoms with E-state index in [1.807, 2.05) is 0 Å². The van der Waals surface area contributed by atoms with Crippen molar-refractivity contribution in [3.8, 4) is 0 Å². The zero-order valence-corrected chi connectivity index (χ0v) is 6.84. The van der Waals surface area contributed by atoms with E-state index < -0.39 is 24.7 Å². The molecule has 1 heterocycles. The van der Waals surface area contributed by atoms with E-state index in [0.29, 0.717) is 0 Å². The second kappa shape index (κ2) is 3.53. The second-order valence-corrected chi connectivity index (χ2v) is 3.08. The number of carbonyl (C=O) groups is 1. The Bertz CT molecular complexity index is 204. The lowest BCUT2D eigenvalue weighted by Crippen LogP contribution is -2.45. The summed E-state index contributed by atoms with van der Waals surface area (Å²) < 4.78 is 35.6. The summed E-state index contributed by atoms with van der Waals surface area (Å²) in [4.78, 5) is 11.7. The maximum Gasteiger partial charge on any atom is 0.406 e. The van der Waals surface area contributed by atoms with Crippen LogP contribution in [0.25, 0.3) is 0 Å². The van der Waals surface area contributed by atoms with Crippen molar-refractivity contribution < 1.29 is 23.1 Å². The molecule has 0 radical (unpaired) electrons. The number of hydrogen-bond donors (Lipinski definition) is 1. The third-order valence-corrected chi connectivity index (χ3v) is 1.87. The van der Waals surface area contributed by atoms with Crippen LogP contribution in [0.3, 0.4) is 0 Å². The zero-order chi connectivity index (χ0) is 10.1. The summed E-state index contributed by atoms with van der Waals surface area (Å²) in [6, 6.07) is 0. The first-order chi connectivity index (χ1) is 5.88. The summed E-state index contributed by atoms with van der Waals surface area (Å²) >= 11 is 0. The molecule has 1 atom stereocenters. The molecule has 1 rings (SSSR count). The van der Waals surface area contributed by atoms with Crippen molar-refractivity contribution in [2.24, 2.45) is 0 Å². The molecule has 76 valence electrons. The third-order valence-electron chi connectivity index (χ3n) is 1.87. The van der Waals surface area contributed by atoms with Gasteiger partial charge in [0.2, 0.25) is 5.91 Å². The van der Waals surface area contributed by atoms with Gasteiger partial charge in [0.05, 0.1) is 12.5 Å². The topological polar surface area (TPSA) is 40.5 Å². The van der Waals surface area contributed by atoms with Gasteiger partial charge in [-0.05, 0) is 6.42 Å². The average Bonchev–Trinajstić information content (AvgIpc) is 1.93. The van der Waals surface area contributed by atoms with E-state index in [2.05, 4.69) is 0 Å². The first kappa shape index (κ1) is 10.3. The maximum atomic E-state index is 11.9. The minimum atomic E-state index is -4.35. The van der Waals surface area contributed by atoms with Crippen LogP contribution in [-0.4, -0.2) is 41.3 Å². The van der Waals surface area contributed by atoms with Gasteiger partial charge in [-0.1, -0.05) is 0 Å². The molecule has 0 spiro atoms. The van der Waals surface area contributed by atoms with Crippen molar-refractivity contribution in [3.05, 3.63) is 0 Å². The molecule has 1 aliphatic heterocycles. The highest BCUT2D eigenvalue weighted by Gasteiger charge is 2.35. The molecule has 6 heteroatoms. The number of rotatable bonds is 1. The highest BCUT2D eigenvalue weighted by molar-refractivity contribution is 5.77. The van der Waals surface area contributed by atoms with Crippen molar-refractivity contribution >= 4 is 5.91 Å². The highest BCUT2D eigenvalue weighted by atomic mass is 19.4. The van der Waals surface area contributed by atoms with Gasteiger partial charge >= 0.3 is 6.18 Å². The maximum absolute atomic E-state index is 11.9. The van der Waals surface area contributed by atoms with Crippen LogP contribution in [0.1, 0.15) is 12.8 Å². The number of halogens is 3. The highest BCUT2D eigenvalue weighted by Crippen LogP contribution is 2.20. The fourth-order valence-corrected chi connectivity index (χ4v) is 1.25. The summed E-state index contributed by atoms with van der Waals surface area (Å²) in [7, 11) is 0. The van der Waals surface area contributed by atoms with Gasteiger partial charge in [0.1, 0.15) is 6.54 Å². The van der Waals surface area contributed by atoms with Crippen LogP contribution >= 0.6 is 0 Å². The van der Waals surface area contributed by atoms with Crippen LogP contribution in [0.2, 0.25) is 0 Å². The van der Waals surface area contributed by atoms with E-state index in [1.165, 1.54) is 0 Å². The number of aliphatic hydroxyl groups excluding tert-OH is 1. The molecule has 1 unspecified atom stereocenters. The van der Waals surface area contributed by atoms with Gasteiger partial charge in [0.25, 0.3) is 0 Å². The van der Waals surface area contributed by atoms with Crippen molar-refractivity contribution in [2.75, 3.05) is 13.1 Å². The van der Waals surface area contributed by atoms with E-state index in [9.17, 15) is 18.0 Å². The van der Waals surface area contributed by atoms with Gasteiger partial charge in [-0.15, -0.1) is 0 Å². The van der Waals surface area contributed by atoms with Crippen molar-refractivity contribution in [3.63, 3.8) is 0 Å². The molecular weight excluding hydrogens is 187 g/mol. The number of nitrogens with zero attached hydrogens (tertiary/aromatic N) is 1. The monoisotopic (exact) mass is 197 g/mol. The Kier molecular flexibility index (Phi) is 2.80. The molecule has 0 bridgehead atoms. The van der Waals surface area contributed by atoms with Crippen LogP contribution in [0, 0.1) is 0 Å². The standard InChI is InChI=1S/C7H10F3NO2/c8-7(9,10)4-11-2-1-5(12)3-6(11)13/h5,12H,1-4H2. The van der Waals surface area contributed by atoms with Gasteiger partial charge in [-0.3, -0.25) is 4.79 Å². The zero-order valence-electron chi connectivity index (χ0n) is 6.84. The second-order valence-electron chi connectivity index (χ2n) is 3.08. The van der Waals surface area contributed by atoms with E-state index >= 15 is 0 Å².